The van der Waals surface area contributed by atoms with Gasteiger partial charge in [-0.3, -0.25) is 0 Å². The first-order chi connectivity index (χ1) is 15.7. The van der Waals surface area contributed by atoms with E-state index in [0.717, 1.165) is 35.3 Å². The maximum absolute atomic E-state index is 6.23. The van der Waals surface area contributed by atoms with Crippen LogP contribution in [0, 0.1) is 0 Å². The molecule has 1 N–H and O–H groups in total. The maximum Gasteiger partial charge on any atom is 0.322 e. The van der Waals surface area contributed by atoms with Crippen LogP contribution in [0.5, 0.6) is 6.01 Å². The molecular formula is C24H29N7O. The summed E-state index contributed by atoms with van der Waals surface area (Å²) in [6.07, 6.45) is 11.6. The van der Waals surface area contributed by atoms with E-state index in [1.54, 1.807) is 10.7 Å². The molecule has 0 atom stereocenters. The Hall–Kier alpha value is -3.42. The van der Waals surface area contributed by atoms with Gasteiger partial charge in [0.2, 0.25) is 5.95 Å². The number of hydrogen-bond acceptors (Lipinski definition) is 6. The molecule has 1 saturated carbocycles. The number of rotatable bonds is 7. The fourth-order valence-electron chi connectivity index (χ4n) is 4.25. The zero-order valence-corrected chi connectivity index (χ0v) is 18.6. The van der Waals surface area contributed by atoms with Gasteiger partial charge < -0.3 is 10.1 Å². The summed E-state index contributed by atoms with van der Waals surface area (Å²) in [6.45, 7) is 4.87. The molecule has 1 fully saturated rings. The van der Waals surface area contributed by atoms with Gasteiger partial charge in [0, 0.05) is 24.5 Å². The van der Waals surface area contributed by atoms with E-state index in [4.69, 9.17) is 14.7 Å². The van der Waals surface area contributed by atoms with Gasteiger partial charge in [-0.05, 0) is 49.3 Å². The molecular weight excluding hydrogens is 402 g/mol. The lowest BCUT2D eigenvalue weighted by molar-refractivity contribution is 0.142. The monoisotopic (exact) mass is 431 g/mol. The maximum atomic E-state index is 6.23. The molecule has 0 aliphatic heterocycles. The van der Waals surface area contributed by atoms with Gasteiger partial charge in [-0.2, -0.15) is 24.7 Å². The van der Waals surface area contributed by atoms with E-state index in [0.29, 0.717) is 24.4 Å². The molecule has 166 valence electrons. The summed E-state index contributed by atoms with van der Waals surface area (Å²) in [6, 6.07) is 10.5. The summed E-state index contributed by atoms with van der Waals surface area (Å²) >= 11 is 0. The van der Waals surface area contributed by atoms with E-state index in [1.807, 2.05) is 35.3 Å². The van der Waals surface area contributed by atoms with Crippen molar-refractivity contribution in [3.05, 3.63) is 60.0 Å². The van der Waals surface area contributed by atoms with Crippen molar-refractivity contribution >= 4 is 11.6 Å². The van der Waals surface area contributed by atoms with Crippen LogP contribution in [-0.4, -0.2) is 35.5 Å². The number of hydrogen-bond donors (Lipinski definition) is 1. The van der Waals surface area contributed by atoms with Gasteiger partial charge >= 0.3 is 6.01 Å². The lowest BCUT2D eigenvalue weighted by atomic mass is 9.98. The average Bonchev–Trinajstić information content (AvgIpc) is 3.49. The molecule has 5 rings (SSSR count). The predicted molar refractivity (Wildman–Crippen MR) is 123 cm³/mol. The minimum Gasteiger partial charge on any atom is -0.460 e. The van der Waals surface area contributed by atoms with Crippen molar-refractivity contribution < 1.29 is 4.74 Å². The van der Waals surface area contributed by atoms with Crippen LogP contribution in [0.4, 0.5) is 5.95 Å². The van der Waals surface area contributed by atoms with Gasteiger partial charge in [0.05, 0.1) is 11.9 Å². The van der Waals surface area contributed by atoms with Crippen molar-refractivity contribution in [3.8, 4) is 11.7 Å². The summed E-state index contributed by atoms with van der Waals surface area (Å²) in [5, 5.41) is 12.4. The molecule has 1 aliphatic rings. The first kappa shape index (κ1) is 20.5. The normalized spacial score (nSPS) is 14.8. The molecule has 3 heterocycles. The van der Waals surface area contributed by atoms with E-state index in [1.165, 1.54) is 19.3 Å². The fraction of sp³-hybridized carbons (Fsp3) is 0.417. The Morgan fingerprint density at radius 2 is 1.91 bits per heavy atom. The Balaban J connectivity index is 1.46. The molecule has 1 aliphatic carbocycles. The Labute approximate surface area is 187 Å². The Bertz CT molecular complexity index is 1180. The van der Waals surface area contributed by atoms with Crippen molar-refractivity contribution in [2.45, 2.75) is 64.5 Å². The summed E-state index contributed by atoms with van der Waals surface area (Å²) in [7, 11) is 0. The third-order valence-electron chi connectivity index (χ3n) is 6.00. The Morgan fingerprint density at radius 1 is 1.06 bits per heavy atom. The highest BCUT2D eigenvalue weighted by molar-refractivity contribution is 5.53. The van der Waals surface area contributed by atoms with Crippen molar-refractivity contribution in [2.24, 2.45) is 0 Å². The number of ether oxygens (including phenoxy) is 1. The number of nitrogens with zero attached hydrogens (tertiary/aromatic N) is 6. The molecule has 1 aromatic carbocycles. The molecule has 32 heavy (non-hydrogen) atoms. The lowest BCUT2D eigenvalue weighted by Crippen LogP contribution is -2.21. The van der Waals surface area contributed by atoms with Crippen LogP contribution >= 0.6 is 0 Å². The molecule has 0 spiro atoms. The van der Waals surface area contributed by atoms with Crippen molar-refractivity contribution in [2.75, 3.05) is 5.32 Å². The van der Waals surface area contributed by atoms with E-state index in [-0.39, 0.29) is 6.10 Å². The van der Waals surface area contributed by atoms with Crippen molar-refractivity contribution in [1.29, 1.82) is 0 Å². The highest BCUT2D eigenvalue weighted by atomic mass is 16.5. The minimum atomic E-state index is 0.185. The van der Waals surface area contributed by atoms with Gasteiger partial charge in [-0.15, -0.1) is 0 Å². The second-order valence-corrected chi connectivity index (χ2v) is 8.63. The molecule has 8 nitrogen and oxygen atoms in total. The quantitative estimate of drug-likeness (QED) is 0.454. The number of nitrogens with one attached hydrogen (secondary N) is 1. The van der Waals surface area contributed by atoms with E-state index < -0.39 is 0 Å². The predicted octanol–water partition coefficient (Wildman–Crippen LogP) is 4.76. The number of benzene rings is 1. The van der Waals surface area contributed by atoms with Gasteiger partial charge in [0.15, 0.2) is 5.65 Å². The van der Waals surface area contributed by atoms with Crippen LogP contribution in [0.1, 0.15) is 63.0 Å². The molecule has 0 radical (unpaired) electrons. The van der Waals surface area contributed by atoms with Gasteiger partial charge in [-0.1, -0.05) is 38.5 Å². The minimum absolute atomic E-state index is 0.185. The summed E-state index contributed by atoms with van der Waals surface area (Å²) < 4.78 is 9.87. The van der Waals surface area contributed by atoms with Crippen LogP contribution in [0.2, 0.25) is 0 Å². The first-order valence-corrected chi connectivity index (χ1v) is 11.4. The Kier molecular flexibility index (Phi) is 5.75. The van der Waals surface area contributed by atoms with Gasteiger partial charge in [0.25, 0.3) is 0 Å². The largest absolute Gasteiger partial charge is 0.460 e. The van der Waals surface area contributed by atoms with Crippen molar-refractivity contribution in [3.63, 3.8) is 0 Å². The zero-order valence-electron chi connectivity index (χ0n) is 18.6. The fourth-order valence-corrected chi connectivity index (χ4v) is 4.25. The molecule has 0 bridgehead atoms. The first-order valence-electron chi connectivity index (χ1n) is 11.4. The summed E-state index contributed by atoms with van der Waals surface area (Å²) in [4.78, 5) is 9.45. The lowest BCUT2D eigenvalue weighted by Gasteiger charge is -2.22. The third-order valence-corrected chi connectivity index (χ3v) is 6.00. The van der Waals surface area contributed by atoms with Gasteiger partial charge in [-0.25, -0.2) is 4.68 Å². The van der Waals surface area contributed by atoms with Crippen LogP contribution < -0.4 is 10.1 Å². The molecule has 0 amide bonds. The third kappa shape index (κ3) is 4.17. The molecule has 4 aromatic rings. The topological polar surface area (TPSA) is 82.2 Å². The molecule has 3 aromatic heterocycles. The molecule has 0 unspecified atom stereocenters. The molecule has 0 saturated heterocycles. The van der Waals surface area contributed by atoms with E-state index in [9.17, 15) is 0 Å². The molecule has 8 heteroatoms. The number of fused-ring (bicyclic) bond motifs is 1. The highest BCUT2D eigenvalue weighted by Crippen LogP contribution is 2.26. The number of para-hydroxylation sites is 1. The smallest absolute Gasteiger partial charge is 0.322 e. The van der Waals surface area contributed by atoms with Crippen LogP contribution in [0.25, 0.3) is 11.3 Å². The van der Waals surface area contributed by atoms with Crippen LogP contribution in [0.15, 0.2) is 48.9 Å². The average molecular weight is 432 g/mol. The summed E-state index contributed by atoms with van der Waals surface area (Å²) in [5.41, 5.74) is 4.01. The number of aromatic nitrogens is 6. The number of anilines is 1. The standard InChI is InChI=1S/C24H29N7O/c1-17(2)20-16-27-31-22(20)28-24(32-19-10-4-3-5-11-19)29-23(31)25-15-18-9-6-7-12-21(18)30-14-8-13-26-30/h6-9,12-14,16-17,19H,3-5,10-11,15H2,1-2H3,(H,25,28,29). The van der Waals surface area contributed by atoms with Crippen molar-refractivity contribution in [1.82, 2.24) is 29.4 Å². The van der Waals surface area contributed by atoms with E-state index in [2.05, 4.69) is 41.5 Å². The highest BCUT2D eigenvalue weighted by Gasteiger charge is 2.20. The second kappa shape index (κ2) is 8.98. The summed E-state index contributed by atoms with van der Waals surface area (Å²) in [5.74, 6) is 0.932. The second-order valence-electron chi connectivity index (χ2n) is 8.63. The Morgan fingerprint density at radius 3 is 2.69 bits per heavy atom. The van der Waals surface area contributed by atoms with Crippen LogP contribution in [-0.2, 0) is 6.54 Å². The van der Waals surface area contributed by atoms with E-state index >= 15 is 0 Å². The van der Waals surface area contributed by atoms with Gasteiger partial charge in [0.1, 0.15) is 6.10 Å². The van der Waals surface area contributed by atoms with Crippen LogP contribution in [0.3, 0.4) is 0 Å². The zero-order chi connectivity index (χ0) is 21.9. The SMILES string of the molecule is CC(C)c1cnn2c(NCc3ccccc3-n3cccn3)nc(OC3CCCCC3)nc12.